The van der Waals surface area contributed by atoms with E-state index in [0.717, 1.165) is 3.79 Å². The minimum absolute atomic E-state index is 0.0780. The number of nitrogens with zero attached hydrogens (tertiary/aromatic N) is 2. The van der Waals surface area contributed by atoms with Crippen LogP contribution in [-0.2, 0) is 10.0 Å². The Labute approximate surface area is 112 Å². The van der Waals surface area contributed by atoms with Gasteiger partial charge in [-0.15, -0.1) is 11.3 Å². The van der Waals surface area contributed by atoms with E-state index in [4.69, 9.17) is 0 Å². The fraction of sp³-hybridized carbons (Fsp3) is 0. The summed E-state index contributed by atoms with van der Waals surface area (Å²) in [6, 6.07) is 1.51. The summed E-state index contributed by atoms with van der Waals surface area (Å²) in [5.41, 5.74) is 0. The lowest BCUT2D eigenvalue weighted by atomic mass is 10.7. The third-order valence-electron chi connectivity index (χ3n) is 1.56. The van der Waals surface area contributed by atoms with E-state index in [1.165, 1.54) is 23.7 Å². The van der Waals surface area contributed by atoms with Gasteiger partial charge in [0.2, 0.25) is 5.95 Å². The Bertz CT molecular complexity index is 592. The van der Waals surface area contributed by atoms with Crippen molar-refractivity contribution in [1.82, 2.24) is 15.2 Å². The fourth-order valence-electron chi connectivity index (χ4n) is 0.945. The van der Waals surface area contributed by atoms with Crippen molar-refractivity contribution in [3.63, 3.8) is 0 Å². The third kappa shape index (κ3) is 2.44. The van der Waals surface area contributed by atoms with Crippen molar-refractivity contribution in [2.75, 3.05) is 4.72 Å². The molecule has 2 aromatic heterocycles. The van der Waals surface area contributed by atoms with Crippen LogP contribution in [0.2, 0.25) is 0 Å². The minimum Gasteiger partial charge on any atom is -0.248 e. The molecule has 0 spiro atoms. The second kappa shape index (κ2) is 4.43. The molecular weight excluding hydrogens is 384 g/mol. The number of hydrogen-bond donors (Lipinski definition) is 2. The molecule has 0 aliphatic rings. The SMILES string of the molecule is O=S(=O)(Nc1ncn[nH]1)c1cc(Br)sc1Br. The molecule has 2 N–H and O–H groups in total. The number of anilines is 1. The second-order valence-electron chi connectivity index (χ2n) is 2.63. The van der Waals surface area contributed by atoms with Gasteiger partial charge >= 0.3 is 0 Å². The Balaban J connectivity index is 2.36. The standard InChI is InChI=1S/C6H4Br2N4O2S2/c7-4-1-3(5(8)15-4)16(13,14)12-6-9-2-10-11-6/h1-2H,(H2,9,10,11,12). The number of aromatic nitrogens is 3. The lowest BCUT2D eigenvalue weighted by Crippen LogP contribution is -2.13. The maximum absolute atomic E-state index is 11.9. The van der Waals surface area contributed by atoms with Crippen molar-refractivity contribution in [2.24, 2.45) is 0 Å². The first kappa shape index (κ1) is 12.0. The number of H-pyrrole nitrogens is 1. The van der Waals surface area contributed by atoms with Gasteiger partial charge in [-0.25, -0.2) is 18.2 Å². The zero-order valence-electron chi connectivity index (χ0n) is 7.44. The van der Waals surface area contributed by atoms with Crippen LogP contribution < -0.4 is 4.72 Å². The van der Waals surface area contributed by atoms with E-state index in [1.54, 1.807) is 0 Å². The molecule has 10 heteroatoms. The molecule has 2 aromatic rings. The van der Waals surface area contributed by atoms with E-state index in [0.29, 0.717) is 3.79 Å². The molecule has 86 valence electrons. The predicted octanol–water partition coefficient (Wildman–Crippen LogP) is 2.19. The number of sulfonamides is 1. The molecule has 0 aliphatic carbocycles. The van der Waals surface area contributed by atoms with Crippen LogP contribution in [-0.4, -0.2) is 23.6 Å². The van der Waals surface area contributed by atoms with E-state index in [9.17, 15) is 8.42 Å². The van der Waals surface area contributed by atoms with E-state index in [-0.39, 0.29) is 10.8 Å². The van der Waals surface area contributed by atoms with Crippen LogP contribution in [0.25, 0.3) is 0 Å². The molecule has 0 fully saturated rings. The summed E-state index contributed by atoms with van der Waals surface area (Å²) >= 11 is 7.67. The molecule has 0 saturated heterocycles. The van der Waals surface area contributed by atoms with E-state index < -0.39 is 10.0 Å². The molecule has 0 atom stereocenters. The van der Waals surface area contributed by atoms with Gasteiger partial charge in [-0.2, -0.15) is 10.1 Å². The van der Waals surface area contributed by atoms with Crippen molar-refractivity contribution in [3.8, 4) is 0 Å². The lowest BCUT2D eigenvalue weighted by molar-refractivity contribution is 0.601. The summed E-state index contributed by atoms with van der Waals surface area (Å²) in [5.74, 6) is 0.0780. The summed E-state index contributed by atoms with van der Waals surface area (Å²) in [6.45, 7) is 0. The Morgan fingerprint density at radius 1 is 1.44 bits per heavy atom. The maximum atomic E-state index is 11.9. The second-order valence-corrected chi connectivity index (χ2v) is 8.03. The smallest absolute Gasteiger partial charge is 0.248 e. The molecule has 0 unspecified atom stereocenters. The quantitative estimate of drug-likeness (QED) is 0.844. The van der Waals surface area contributed by atoms with Crippen LogP contribution in [0.15, 0.2) is 24.9 Å². The van der Waals surface area contributed by atoms with Gasteiger partial charge in [-0.1, -0.05) is 0 Å². The third-order valence-corrected chi connectivity index (χ3v) is 5.66. The van der Waals surface area contributed by atoms with Crippen LogP contribution in [0, 0.1) is 0 Å². The van der Waals surface area contributed by atoms with E-state index in [1.807, 2.05) is 0 Å². The monoisotopic (exact) mass is 386 g/mol. The van der Waals surface area contributed by atoms with Crippen LogP contribution in [0.4, 0.5) is 5.95 Å². The number of aromatic amines is 1. The Morgan fingerprint density at radius 3 is 2.69 bits per heavy atom. The van der Waals surface area contributed by atoms with Gasteiger partial charge in [0, 0.05) is 0 Å². The molecule has 0 aliphatic heterocycles. The van der Waals surface area contributed by atoms with Gasteiger partial charge in [0.05, 0.1) is 7.57 Å². The topological polar surface area (TPSA) is 87.7 Å². The summed E-state index contributed by atoms with van der Waals surface area (Å²) in [6.07, 6.45) is 1.22. The van der Waals surface area contributed by atoms with Crippen LogP contribution in [0.3, 0.4) is 0 Å². The lowest BCUT2D eigenvalue weighted by Gasteiger charge is -2.02. The Hall–Kier alpha value is -0.450. The summed E-state index contributed by atoms with van der Waals surface area (Å²) < 4.78 is 27.3. The highest BCUT2D eigenvalue weighted by Crippen LogP contribution is 2.35. The number of nitrogens with one attached hydrogen (secondary N) is 2. The fourth-order valence-corrected chi connectivity index (χ4v) is 5.72. The van der Waals surface area contributed by atoms with Crippen molar-refractivity contribution < 1.29 is 8.42 Å². The van der Waals surface area contributed by atoms with Crippen molar-refractivity contribution in [1.29, 1.82) is 0 Å². The maximum Gasteiger partial charge on any atom is 0.266 e. The molecular formula is C6H4Br2N4O2S2. The van der Waals surface area contributed by atoms with E-state index >= 15 is 0 Å². The average Bonchev–Trinajstić information content (AvgIpc) is 2.75. The van der Waals surface area contributed by atoms with Gasteiger partial charge in [-0.3, -0.25) is 0 Å². The average molecular weight is 388 g/mol. The molecule has 2 rings (SSSR count). The highest BCUT2D eigenvalue weighted by Gasteiger charge is 2.21. The minimum atomic E-state index is -3.64. The number of thiophene rings is 1. The predicted molar refractivity (Wildman–Crippen MR) is 66.9 cm³/mol. The first-order valence-corrected chi connectivity index (χ1v) is 7.70. The highest BCUT2D eigenvalue weighted by molar-refractivity contribution is 9.12. The zero-order chi connectivity index (χ0) is 11.8. The molecule has 0 aromatic carbocycles. The van der Waals surface area contributed by atoms with Gasteiger partial charge in [0.15, 0.2) is 0 Å². The van der Waals surface area contributed by atoms with Crippen LogP contribution in [0.1, 0.15) is 0 Å². The first-order valence-electron chi connectivity index (χ1n) is 3.82. The van der Waals surface area contributed by atoms with Gasteiger partial charge < -0.3 is 0 Å². The number of halogens is 2. The molecule has 2 heterocycles. The largest absolute Gasteiger partial charge is 0.266 e. The van der Waals surface area contributed by atoms with Gasteiger partial charge in [-0.05, 0) is 37.9 Å². The molecule has 0 radical (unpaired) electrons. The van der Waals surface area contributed by atoms with Crippen molar-refractivity contribution in [2.45, 2.75) is 4.90 Å². The number of rotatable bonds is 3. The van der Waals surface area contributed by atoms with Crippen molar-refractivity contribution >= 4 is 59.2 Å². The van der Waals surface area contributed by atoms with Crippen LogP contribution in [0.5, 0.6) is 0 Å². The molecule has 0 amide bonds. The van der Waals surface area contributed by atoms with Crippen LogP contribution >= 0.6 is 43.2 Å². The molecule has 6 nitrogen and oxygen atoms in total. The summed E-state index contributed by atoms with van der Waals surface area (Å²) in [7, 11) is -3.64. The zero-order valence-corrected chi connectivity index (χ0v) is 12.2. The Morgan fingerprint density at radius 2 is 2.19 bits per heavy atom. The summed E-state index contributed by atoms with van der Waals surface area (Å²) in [5, 5.41) is 5.96. The highest BCUT2D eigenvalue weighted by atomic mass is 79.9. The molecule has 16 heavy (non-hydrogen) atoms. The summed E-state index contributed by atoms with van der Waals surface area (Å²) in [4.78, 5) is 3.84. The molecule has 0 saturated carbocycles. The van der Waals surface area contributed by atoms with E-state index in [2.05, 4.69) is 51.8 Å². The van der Waals surface area contributed by atoms with Gasteiger partial charge in [0.1, 0.15) is 11.2 Å². The Kier molecular flexibility index (Phi) is 3.33. The van der Waals surface area contributed by atoms with Crippen molar-refractivity contribution in [3.05, 3.63) is 20.0 Å². The number of hydrogen-bond acceptors (Lipinski definition) is 5. The van der Waals surface area contributed by atoms with Gasteiger partial charge in [0.25, 0.3) is 10.0 Å². The normalized spacial score (nSPS) is 11.6. The first-order chi connectivity index (χ1) is 7.49. The molecule has 0 bridgehead atoms.